The molecule has 1 atom stereocenters. The van der Waals surface area contributed by atoms with Crippen molar-refractivity contribution in [3.05, 3.63) is 0 Å². The lowest BCUT2D eigenvalue weighted by molar-refractivity contribution is -0.122. The third-order valence-electron chi connectivity index (χ3n) is 3.50. The smallest absolute Gasteiger partial charge is 0.237 e. The fraction of sp³-hybridized carbons (Fsp3) is 0.923. The molecule has 0 aromatic carbocycles. The van der Waals surface area contributed by atoms with E-state index in [0.29, 0.717) is 6.04 Å². The predicted octanol–water partition coefficient (Wildman–Crippen LogP) is 0.975. The first-order valence-corrected chi connectivity index (χ1v) is 6.82. The van der Waals surface area contributed by atoms with Gasteiger partial charge in [-0.3, -0.25) is 4.79 Å². The van der Waals surface area contributed by atoms with Gasteiger partial charge in [-0.2, -0.15) is 0 Å². The quantitative estimate of drug-likeness (QED) is 0.653. The number of carbonyl (C=O) groups excluding carboxylic acids is 1. The summed E-state index contributed by atoms with van der Waals surface area (Å²) in [6, 6.07) is 0.667. The standard InChI is InChI=1S/C13H27N3O/c1-11(2)16(3)10-5-4-8-15-13(17)12-7-6-9-14-12/h11-12,14H,4-10H2,1-3H3,(H,15,17). The average molecular weight is 241 g/mol. The minimum atomic E-state index is 0.0633. The zero-order chi connectivity index (χ0) is 12.7. The van der Waals surface area contributed by atoms with Crippen molar-refractivity contribution in [1.82, 2.24) is 15.5 Å². The van der Waals surface area contributed by atoms with E-state index in [1.807, 2.05) is 0 Å². The van der Waals surface area contributed by atoms with Crippen LogP contribution in [-0.2, 0) is 4.79 Å². The zero-order valence-electron chi connectivity index (χ0n) is 11.5. The average Bonchev–Trinajstić information content (AvgIpc) is 2.81. The highest BCUT2D eigenvalue weighted by Gasteiger charge is 2.20. The van der Waals surface area contributed by atoms with Gasteiger partial charge < -0.3 is 15.5 Å². The van der Waals surface area contributed by atoms with Crippen LogP contribution in [0.3, 0.4) is 0 Å². The second kappa shape index (κ2) is 7.67. The van der Waals surface area contributed by atoms with Gasteiger partial charge in [0, 0.05) is 12.6 Å². The third kappa shape index (κ3) is 5.50. The van der Waals surface area contributed by atoms with Crippen LogP contribution < -0.4 is 10.6 Å². The van der Waals surface area contributed by atoms with Crippen molar-refractivity contribution < 1.29 is 4.79 Å². The van der Waals surface area contributed by atoms with Gasteiger partial charge in [-0.05, 0) is 59.7 Å². The maximum atomic E-state index is 11.7. The molecule has 100 valence electrons. The molecule has 4 nitrogen and oxygen atoms in total. The van der Waals surface area contributed by atoms with Gasteiger partial charge >= 0.3 is 0 Å². The molecule has 1 amide bonds. The molecule has 0 bridgehead atoms. The Balaban J connectivity index is 1.98. The molecular weight excluding hydrogens is 214 g/mol. The van der Waals surface area contributed by atoms with Gasteiger partial charge in [0.05, 0.1) is 6.04 Å². The lowest BCUT2D eigenvalue weighted by atomic mass is 10.2. The Morgan fingerprint density at radius 1 is 1.47 bits per heavy atom. The molecule has 4 heteroatoms. The second-order valence-corrected chi connectivity index (χ2v) is 5.22. The first-order chi connectivity index (χ1) is 8.11. The van der Waals surface area contributed by atoms with E-state index in [1.165, 1.54) is 0 Å². The summed E-state index contributed by atoms with van der Waals surface area (Å²) in [4.78, 5) is 14.0. The summed E-state index contributed by atoms with van der Waals surface area (Å²) in [6.45, 7) is 7.30. The van der Waals surface area contributed by atoms with E-state index in [9.17, 15) is 4.79 Å². The molecule has 1 aliphatic rings. The molecule has 0 aromatic heterocycles. The van der Waals surface area contributed by atoms with E-state index in [2.05, 4.69) is 36.4 Å². The lowest BCUT2D eigenvalue weighted by Gasteiger charge is -2.20. The summed E-state index contributed by atoms with van der Waals surface area (Å²) in [5.74, 6) is 0.180. The number of nitrogens with zero attached hydrogens (tertiary/aromatic N) is 1. The Morgan fingerprint density at radius 3 is 2.82 bits per heavy atom. The summed E-state index contributed by atoms with van der Waals surface area (Å²) >= 11 is 0. The Bertz CT molecular complexity index is 225. The van der Waals surface area contributed by atoms with E-state index >= 15 is 0 Å². The minimum absolute atomic E-state index is 0.0633. The topological polar surface area (TPSA) is 44.4 Å². The summed E-state index contributed by atoms with van der Waals surface area (Å²) in [5, 5.41) is 6.22. The Morgan fingerprint density at radius 2 is 2.24 bits per heavy atom. The Kier molecular flexibility index (Phi) is 6.52. The molecule has 1 heterocycles. The van der Waals surface area contributed by atoms with Crippen molar-refractivity contribution in [3.63, 3.8) is 0 Å². The highest BCUT2D eigenvalue weighted by Crippen LogP contribution is 2.04. The van der Waals surface area contributed by atoms with Crippen LogP contribution in [0, 0.1) is 0 Å². The molecule has 2 N–H and O–H groups in total. The maximum Gasteiger partial charge on any atom is 0.237 e. The number of hydrogen-bond acceptors (Lipinski definition) is 3. The zero-order valence-corrected chi connectivity index (χ0v) is 11.5. The molecule has 0 saturated carbocycles. The Labute approximate surface area is 105 Å². The van der Waals surface area contributed by atoms with Crippen LogP contribution >= 0.6 is 0 Å². The summed E-state index contributed by atoms with van der Waals surface area (Å²) in [7, 11) is 2.14. The molecule has 0 spiro atoms. The van der Waals surface area contributed by atoms with E-state index in [4.69, 9.17) is 0 Å². The van der Waals surface area contributed by atoms with Crippen LogP contribution in [0.15, 0.2) is 0 Å². The van der Waals surface area contributed by atoms with Crippen LogP contribution in [0.2, 0.25) is 0 Å². The minimum Gasteiger partial charge on any atom is -0.355 e. The monoisotopic (exact) mass is 241 g/mol. The first-order valence-electron chi connectivity index (χ1n) is 6.82. The SMILES string of the molecule is CC(C)N(C)CCCCNC(=O)C1CCCN1. The number of hydrogen-bond donors (Lipinski definition) is 2. The molecule has 1 rings (SSSR count). The fourth-order valence-electron chi connectivity index (χ4n) is 1.99. The molecule has 1 aliphatic heterocycles. The second-order valence-electron chi connectivity index (χ2n) is 5.22. The van der Waals surface area contributed by atoms with Crippen LogP contribution in [0.25, 0.3) is 0 Å². The fourth-order valence-corrected chi connectivity index (χ4v) is 1.99. The van der Waals surface area contributed by atoms with Crippen molar-refractivity contribution in [2.45, 2.75) is 51.6 Å². The van der Waals surface area contributed by atoms with Gasteiger partial charge in [-0.1, -0.05) is 0 Å². The van der Waals surface area contributed by atoms with Crippen molar-refractivity contribution in [2.75, 3.05) is 26.7 Å². The molecule has 0 aromatic rings. The number of nitrogens with one attached hydrogen (secondary N) is 2. The van der Waals surface area contributed by atoms with Crippen molar-refractivity contribution in [2.24, 2.45) is 0 Å². The van der Waals surface area contributed by atoms with Crippen LogP contribution in [0.1, 0.15) is 39.5 Å². The molecular formula is C13H27N3O. The molecule has 0 aliphatic carbocycles. The van der Waals surface area contributed by atoms with Gasteiger partial charge in [0.1, 0.15) is 0 Å². The van der Waals surface area contributed by atoms with E-state index in [1.54, 1.807) is 0 Å². The Hall–Kier alpha value is -0.610. The lowest BCUT2D eigenvalue weighted by Crippen LogP contribution is -2.40. The molecule has 1 unspecified atom stereocenters. The van der Waals surface area contributed by atoms with Crippen molar-refractivity contribution >= 4 is 5.91 Å². The van der Waals surface area contributed by atoms with Crippen LogP contribution in [0.4, 0.5) is 0 Å². The summed E-state index contributed by atoms with van der Waals surface area (Å²) in [5.41, 5.74) is 0. The van der Waals surface area contributed by atoms with Gasteiger partial charge in [-0.25, -0.2) is 0 Å². The predicted molar refractivity (Wildman–Crippen MR) is 71.0 cm³/mol. The number of carbonyl (C=O) groups is 1. The van der Waals surface area contributed by atoms with E-state index in [0.717, 1.165) is 45.3 Å². The van der Waals surface area contributed by atoms with Gasteiger partial charge in [0.2, 0.25) is 5.91 Å². The van der Waals surface area contributed by atoms with Crippen LogP contribution in [-0.4, -0.2) is 49.6 Å². The maximum absolute atomic E-state index is 11.7. The van der Waals surface area contributed by atoms with E-state index < -0.39 is 0 Å². The molecule has 17 heavy (non-hydrogen) atoms. The number of unbranched alkanes of at least 4 members (excludes halogenated alkanes) is 1. The third-order valence-corrected chi connectivity index (χ3v) is 3.50. The van der Waals surface area contributed by atoms with Crippen LogP contribution in [0.5, 0.6) is 0 Å². The molecule has 0 radical (unpaired) electrons. The first kappa shape index (κ1) is 14.5. The molecule has 1 fully saturated rings. The van der Waals surface area contributed by atoms with Crippen molar-refractivity contribution in [3.8, 4) is 0 Å². The summed E-state index contributed by atoms with van der Waals surface area (Å²) in [6.07, 6.45) is 4.32. The molecule has 1 saturated heterocycles. The highest BCUT2D eigenvalue weighted by atomic mass is 16.2. The van der Waals surface area contributed by atoms with Gasteiger partial charge in [0.15, 0.2) is 0 Å². The summed E-state index contributed by atoms with van der Waals surface area (Å²) < 4.78 is 0. The van der Waals surface area contributed by atoms with Crippen molar-refractivity contribution in [1.29, 1.82) is 0 Å². The van der Waals surface area contributed by atoms with Gasteiger partial charge in [-0.15, -0.1) is 0 Å². The van der Waals surface area contributed by atoms with E-state index in [-0.39, 0.29) is 11.9 Å². The normalized spacial score (nSPS) is 20.2. The highest BCUT2D eigenvalue weighted by molar-refractivity contribution is 5.81. The largest absolute Gasteiger partial charge is 0.355 e. The van der Waals surface area contributed by atoms with Gasteiger partial charge in [0.25, 0.3) is 0 Å². The number of rotatable bonds is 7. The number of amides is 1.